The van der Waals surface area contributed by atoms with Crippen LogP contribution in [-0.2, 0) is 4.74 Å². The molecule has 5 heteroatoms. The van der Waals surface area contributed by atoms with Crippen molar-refractivity contribution < 1.29 is 14.6 Å². The molecule has 0 aromatic carbocycles. The van der Waals surface area contributed by atoms with Gasteiger partial charge in [-0.15, -0.1) is 0 Å². The second-order valence-corrected chi connectivity index (χ2v) is 3.78. The monoisotopic (exact) mass is 216 g/mol. The molecule has 1 fully saturated rings. The molecule has 5 nitrogen and oxygen atoms in total. The van der Waals surface area contributed by atoms with Gasteiger partial charge in [0, 0.05) is 26.3 Å². The van der Waals surface area contributed by atoms with E-state index >= 15 is 0 Å². The minimum atomic E-state index is -0.230. The summed E-state index contributed by atoms with van der Waals surface area (Å²) in [6.45, 7) is 2.46. The number of carbonyl (C=O) groups excluding carboxylic acids is 1. The Morgan fingerprint density at radius 2 is 2.07 bits per heavy atom. The van der Waals surface area contributed by atoms with Gasteiger partial charge in [0.05, 0.1) is 6.61 Å². The number of rotatable bonds is 8. The third-order valence-corrected chi connectivity index (χ3v) is 2.20. The van der Waals surface area contributed by atoms with Crippen LogP contribution in [-0.4, -0.2) is 44.0 Å². The van der Waals surface area contributed by atoms with E-state index < -0.39 is 0 Å². The second-order valence-electron chi connectivity index (χ2n) is 3.78. The van der Waals surface area contributed by atoms with Crippen LogP contribution in [0.15, 0.2) is 0 Å². The summed E-state index contributed by atoms with van der Waals surface area (Å²) in [4.78, 5) is 11.0. The summed E-state index contributed by atoms with van der Waals surface area (Å²) in [7, 11) is 0. The zero-order valence-corrected chi connectivity index (χ0v) is 9.00. The number of amides is 2. The van der Waals surface area contributed by atoms with Crippen molar-refractivity contribution in [2.45, 2.75) is 19.3 Å². The van der Waals surface area contributed by atoms with E-state index in [2.05, 4.69) is 10.6 Å². The molecule has 2 amide bonds. The molecule has 0 aromatic rings. The fourth-order valence-electron chi connectivity index (χ4n) is 1.14. The van der Waals surface area contributed by atoms with Gasteiger partial charge in [0.1, 0.15) is 0 Å². The molecular weight excluding hydrogens is 196 g/mol. The maximum absolute atomic E-state index is 11.0. The number of hydrogen-bond acceptors (Lipinski definition) is 3. The number of ether oxygens (including phenoxy) is 1. The number of urea groups is 1. The van der Waals surface area contributed by atoms with Gasteiger partial charge in [0.15, 0.2) is 0 Å². The Labute approximate surface area is 90.2 Å². The molecule has 0 saturated heterocycles. The van der Waals surface area contributed by atoms with Crippen molar-refractivity contribution in [2.75, 3.05) is 32.9 Å². The summed E-state index contributed by atoms with van der Waals surface area (Å²) < 4.78 is 5.41. The number of aliphatic hydroxyl groups is 1. The highest BCUT2D eigenvalue weighted by Gasteiger charge is 2.20. The zero-order chi connectivity index (χ0) is 10.9. The third-order valence-electron chi connectivity index (χ3n) is 2.20. The lowest BCUT2D eigenvalue weighted by Gasteiger charge is -2.06. The normalized spacial score (nSPS) is 15.0. The fourth-order valence-corrected chi connectivity index (χ4v) is 1.14. The first kappa shape index (κ1) is 12.3. The van der Waals surface area contributed by atoms with Crippen molar-refractivity contribution in [3.63, 3.8) is 0 Å². The van der Waals surface area contributed by atoms with Crippen LogP contribution < -0.4 is 10.6 Å². The van der Waals surface area contributed by atoms with Crippen molar-refractivity contribution in [3.05, 3.63) is 0 Å². The Hall–Kier alpha value is -0.810. The van der Waals surface area contributed by atoms with Gasteiger partial charge in [0.25, 0.3) is 0 Å². The number of nitrogens with one attached hydrogen (secondary N) is 2. The van der Waals surface area contributed by atoms with Gasteiger partial charge in [-0.2, -0.15) is 0 Å². The highest BCUT2D eigenvalue weighted by molar-refractivity contribution is 5.73. The minimum Gasteiger partial charge on any atom is -0.395 e. The highest BCUT2D eigenvalue weighted by atomic mass is 16.5. The topological polar surface area (TPSA) is 70.6 Å². The first-order chi connectivity index (χ1) is 7.33. The second kappa shape index (κ2) is 7.48. The van der Waals surface area contributed by atoms with E-state index in [1.165, 1.54) is 12.8 Å². The molecule has 0 unspecified atom stereocenters. The molecule has 0 heterocycles. The molecule has 1 aliphatic carbocycles. The summed E-state index contributed by atoms with van der Waals surface area (Å²) in [5.41, 5.74) is 0. The van der Waals surface area contributed by atoms with Crippen LogP contribution in [0.1, 0.15) is 19.3 Å². The summed E-state index contributed by atoms with van der Waals surface area (Å²) in [5, 5.41) is 13.6. The van der Waals surface area contributed by atoms with Gasteiger partial charge in [-0.1, -0.05) is 0 Å². The van der Waals surface area contributed by atoms with Gasteiger partial charge in [-0.3, -0.25) is 0 Å². The predicted molar refractivity (Wildman–Crippen MR) is 56.6 cm³/mol. The van der Waals surface area contributed by atoms with E-state index in [1.54, 1.807) is 0 Å². The van der Waals surface area contributed by atoms with Gasteiger partial charge >= 0.3 is 6.03 Å². The van der Waals surface area contributed by atoms with Crippen molar-refractivity contribution in [1.82, 2.24) is 10.6 Å². The van der Waals surface area contributed by atoms with Crippen molar-refractivity contribution >= 4 is 6.03 Å². The van der Waals surface area contributed by atoms with Gasteiger partial charge in [-0.25, -0.2) is 4.79 Å². The summed E-state index contributed by atoms with van der Waals surface area (Å²) in [6.07, 6.45) is 3.45. The molecule has 0 bridgehead atoms. The third kappa shape index (κ3) is 7.16. The van der Waals surface area contributed by atoms with Gasteiger partial charge in [0.2, 0.25) is 0 Å². The van der Waals surface area contributed by atoms with Crippen molar-refractivity contribution in [3.8, 4) is 0 Å². The Morgan fingerprint density at radius 1 is 1.33 bits per heavy atom. The lowest BCUT2D eigenvalue weighted by molar-refractivity contribution is 0.122. The molecule has 0 aliphatic heterocycles. The van der Waals surface area contributed by atoms with Crippen molar-refractivity contribution in [2.24, 2.45) is 5.92 Å². The van der Waals surface area contributed by atoms with Crippen LogP contribution in [0.4, 0.5) is 4.79 Å². The summed E-state index contributed by atoms with van der Waals surface area (Å²) in [6, 6.07) is -0.230. The molecule has 1 rings (SSSR count). The Morgan fingerprint density at radius 3 is 2.73 bits per heavy atom. The molecule has 88 valence electrons. The Kier molecular flexibility index (Phi) is 6.11. The standard InChI is InChI=1S/C10H20N2O3/c13-6-5-12-10(14)11-4-1-7-15-8-9-2-3-9/h9,13H,1-8H2,(H2,11,12,14). The zero-order valence-electron chi connectivity index (χ0n) is 9.00. The molecule has 0 atom stereocenters. The fraction of sp³-hybridized carbons (Fsp3) is 0.900. The molecule has 1 aliphatic rings. The maximum atomic E-state index is 11.0. The van der Waals surface area contributed by atoms with E-state index in [9.17, 15) is 4.79 Å². The largest absolute Gasteiger partial charge is 0.395 e. The first-order valence-electron chi connectivity index (χ1n) is 5.53. The SMILES string of the molecule is O=C(NCCO)NCCCOCC1CC1. The van der Waals surface area contributed by atoms with E-state index in [0.29, 0.717) is 19.7 Å². The van der Waals surface area contributed by atoms with E-state index in [0.717, 1.165) is 18.9 Å². The van der Waals surface area contributed by atoms with Gasteiger partial charge < -0.3 is 20.5 Å². The molecule has 0 radical (unpaired) electrons. The van der Waals surface area contributed by atoms with Crippen LogP contribution in [0.2, 0.25) is 0 Å². The molecular formula is C10H20N2O3. The van der Waals surface area contributed by atoms with Gasteiger partial charge in [-0.05, 0) is 25.2 Å². The van der Waals surface area contributed by atoms with E-state index in [-0.39, 0.29) is 12.6 Å². The van der Waals surface area contributed by atoms with Crippen molar-refractivity contribution in [1.29, 1.82) is 0 Å². The van der Waals surface area contributed by atoms with E-state index in [1.807, 2.05) is 0 Å². The Balaban J connectivity index is 1.76. The van der Waals surface area contributed by atoms with Crippen LogP contribution in [0.25, 0.3) is 0 Å². The molecule has 1 saturated carbocycles. The minimum absolute atomic E-state index is 0.0298. The van der Waals surface area contributed by atoms with Crippen LogP contribution in [0.3, 0.4) is 0 Å². The predicted octanol–water partition coefficient (Wildman–Crippen LogP) is 0.0946. The summed E-state index contributed by atoms with van der Waals surface area (Å²) in [5.74, 6) is 0.797. The quantitative estimate of drug-likeness (QED) is 0.504. The van der Waals surface area contributed by atoms with E-state index in [4.69, 9.17) is 9.84 Å². The number of carbonyl (C=O) groups is 1. The maximum Gasteiger partial charge on any atom is 0.314 e. The molecule has 3 N–H and O–H groups in total. The highest BCUT2D eigenvalue weighted by Crippen LogP contribution is 2.28. The smallest absolute Gasteiger partial charge is 0.314 e. The summed E-state index contributed by atoms with van der Waals surface area (Å²) >= 11 is 0. The molecule has 0 spiro atoms. The average molecular weight is 216 g/mol. The number of hydrogen-bond donors (Lipinski definition) is 3. The lowest BCUT2D eigenvalue weighted by atomic mass is 10.4. The molecule has 0 aromatic heterocycles. The first-order valence-corrected chi connectivity index (χ1v) is 5.53. The van der Waals surface area contributed by atoms with Crippen LogP contribution in [0.5, 0.6) is 0 Å². The Bertz CT molecular complexity index is 184. The average Bonchev–Trinajstić information content (AvgIpc) is 3.04. The number of aliphatic hydroxyl groups excluding tert-OH is 1. The van der Waals surface area contributed by atoms with Crippen LogP contribution >= 0.6 is 0 Å². The molecule has 15 heavy (non-hydrogen) atoms. The lowest BCUT2D eigenvalue weighted by Crippen LogP contribution is -2.37. The van der Waals surface area contributed by atoms with Crippen LogP contribution in [0, 0.1) is 5.92 Å².